The molecule has 1 aromatic rings. The lowest BCUT2D eigenvalue weighted by Crippen LogP contribution is -2.31. The summed E-state index contributed by atoms with van der Waals surface area (Å²) in [6.45, 7) is 2.10. The third-order valence-electron chi connectivity index (χ3n) is 3.11. The Kier molecular flexibility index (Phi) is 2.77. The molecule has 0 spiro atoms. The van der Waals surface area contributed by atoms with Crippen LogP contribution < -0.4 is 5.32 Å². The van der Waals surface area contributed by atoms with Crippen molar-refractivity contribution in [3.63, 3.8) is 0 Å². The van der Waals surface area contributed by atoms with Crippen LogP contribution in [0.5, 0.6) is 0 Å². The van der Waals surface area contributed by atoms with Crippen LogP contribution in [0.3, 0.4) is 0 Å². The molecule has 0 bridgehead atoms. The predicted molar refractivity (Wildman–Crippen MR) is 61.4 cm³/mol. The second-order valence-electron chi connectivity index (χ2n) is 4.52. The molecule has 1 saturated carbocycles. The van der Waals surface area contributed by atoms with Crippen molar-refractivity contribution < 1.29 is 4.92 Å². The summed E-state index contributed by atoms with van der Waals surface area (Å²) in [5, 5.41) is 14.0. The van der Waals surface area contributed by atoms with E-state index >= 15 is 0 Å². The van der Waals surface area contributed by atoms with Crippen LogP contribution in [0, 0.1) is 10.1 Å². The minimum absolute atomic E-state index is 0.0425. The van der Waals surface area contributed by atoms with Gasteiger partial charge in [0.25, 0.3) is 0 Å². The molecule has 1 aliphatic carbocycles. The number of nitrogens with zero attached hydrogens (tertiary/aromatic N) is 2. The minimum Gasteiger partial charge on any atom is -0.359 e. The lowest BCUT2D eigenvalue weighted by molar-refractivity contribution is -0.384. The molecule has 0 amide bonds. The third kappa shape index (κ3) is 2.13. The van der Waals surface area contributed by atoms with Gasteiger partial charge in [-0.3, -0.25) is 10.1 Å². The quantitative estimate of drug-likeness (QED) is 0.629. The van der Waals surface area contributed by atoms with E-state index in [1.165, 1.54) is 18.9 Å². The van der Waals surface area contributed by atoms with E-state index in [1.54, 1.807) is 12.3 Å². The molecule has 5 nitrogen and oxygen atoms in total. The fraction of sp³-hybridized carbons (Fsp3) is 0.545. The van der Waals surface area contributed by atoms with Gasteiger partial charge in [-0.1, -0.05) is 12.8 Å². The van der Waals surface area contributed by atoms with E-state index < -0.39 is 4.92 Å². The highest BCUT2D eigenvalue weighted by atomic mass is 16.6. The van der Waals surface area contributed by atoms with Gasteiger partial charge in [-0.05, 0) is 25.8 Å². The Balaban J connectivity index is 2.23. The molecular formula is C11H15N3O2. The highest BCUT2D eigenvalue weighted by Crippen LogP contribution is 2.34. The molecule has 0 radical (unpaired) electrons. The van der Waals surface area contributed by atoms with E-state index in [0.717, 1.165) is 12.8 Å². The largest absolute Gasteiger partial charge is 0.359 e. The second kappa shape index (κ2) is 4.08. The van der Waals surface area contributed by atoms with Gasteiger partial charge in [-0.2, -0.15) is 0 Å². The molecular weight excluding hydrogens is 206 g/mol. The summed E-state index contributed by atoms with van der Waals surface area (Å²) >= 11 is 0. The molecule has 1 fully saturated rings. The van der Waals surface area contributed by atoms with Gasteiger partial charge in [0, 0.05) is 17.8 Å². The first-order chi connectivity index (χ1) is 7.61. The maximum Gasteiger partial charge on any atom is 0.311 e. The summed E-state index contributed by atoms with van der Waals surface area (Å²) in [5.41, 5.74) is 0.00896. The van der Waals surface area contributed by atoms with Crippen molar-refractivity contribution >= 4 is 11.5 Å². The highest BCUT2D eigenvalue weighted by molar-refractivity contribution is 5.56. The van der Waals surface area contributed by atoms with Crippen LogP contribution in [0.2, 0.25) is 0 Å². The van der Waals surface area contributed by atoms with Crippen molar-refractivity contribution in [2.45, 2.75) is 38.1 Å². The van der Waals surface area contributed by atoms with Crippen molar-refractivity contribution in [2.24, 2.45) is 0 Å². The summed E-state index contributed by atoms with van der Waals surface area (Å²) in [7, 11) is 0. The normalized spacial score (nSPS) is 18.3. The van der Waals surface area contributed by atoms with Crippen molar-refractivity contribution in [1.82, 2.24) is 4.98 Å². The van der Waals surface area contributed by atoms with Crippen LogP contribution in [0.1, 0.15) is 32.6 Å². The van der Waals surface area contributed by atoms with Gasteiger partial charge in [-0.25, -0.2) is 4.98 Å². The molecule has 1 heterocycles. The van der Waals surface area contributed by atoms with Gasteiger partial charge in [-0.15, -0.1) is 0 Å². The van der Waals surface area contributed by atoms with Gasteiger partial charge in [0.2, 0.25) is 5.82 Å². The number of hydrogen-bond acceptors (Lipinski definition) is 4. The summed E-state index contributed by atoms with van der Waals surface area (Å²) in [5.74, 6) is 0.386. The van der Waals surface area contributed by atoms with Gasteiger partial charge in [0.15, 0.2) is 0 Å². The smallest absolute Gasteiger partial charge is 0.311 e. The average Bonchev–Trinajstić information content (AvgIpc) is 2.65. The summed E-state index contributed by atoms with van der Waals surface area (Å²) in [4.78, 5) is 14.5. The molecule has 1 N–H and O–H groups in total. The number of rotatable bonds is 3. The van der Waals surface area contributed by atoms with Crippen LogP contribution >= 0.6 is 0 Å². The van der Waals surface area contributed by atoms with E-state index in [0.29, 0.717) is 5.82 Å². The number of anilines is 1. The molecule has 86 valence electrons. The van der Waals surface area contributed by atoms with Crippen molar-refractivity contribution in [3.8, 4) is 0 Å². The number of nitrogens with one attached hydrogen (secondary N) is 1. The molecule has 16 heavy (non-hydrogen) atoms. The van der Waals surface area contributed by atoms with Gasteiger partial charge >= 0.3 is 5.69 Å². The lowest BCUT2D eigenvalue weighted by Gasteiger charge is -2.25. The summed E-state index contributed by atoms with van der Waals surface area (Å²) < 4.78 is 0. The topological polar surface area (TPSA) is 68.1 Å². The molecule has 1 aliphatic rings. The first kappa shape index (κ1) is 10.9. The molecule has 0 atom stereocenters. The molecule has 5 heteroatoms. The Morgan fingerprint density at radius 1 is 1.50 bits per heavy atom. The van der Waals surface area contributed by atoms with Gasteiger partial charge in [0.1, 0.15) is 0 Å². The van der Waals surface area contributed by atoms with Gasteiger partial charge < -0.3 is 5.32 Å². The number of pyridine rings is 1. The maximum atomic E-state index is 10.8. The fourth-order valence-electron chi connectivity index (χ4n) is 2.21. The first-order valence-electron chi connectivity index (χ1n) is 5.48. The van der Waals surface area contributed by atoms with Crippen LogP contribution in [-0.4, -0.2) is 15.4 Å². The molecule has 0 unspecified atom stereocenters. The molecule has 0 saturated heterocycles. The first-order valence-corrected chi connectivity index (χ1v) is 5.48. The Morgan fingerprint density at radius 2 is 2.19 bits per heavy atom. The van der Waals surface area contributed by atoms with Gasteiger partial charge in [0.05, 0.1) is 4.92 Å². The molecule has 0 aliphatic heterocycles. The van der Waals surface area contributed by atoms with Crippen LogP contribution in [-0.2, 0) is 0 Å². The standard InChI is InChI=1S/C11H15N3O2/c1-11(6-2-3-7-11)13-10-9(14(15)16)5-4-8-12-10/h4-5,8H,2-3,6-7H2,1H3,(H,12,13). The summed E-state index contributed by atoms with van der Waals surface area (Å²) in [6, 6.07) is 3.06. The van der Waals surface area contributed by atoms with E-state index in [2.05, 4.69) is 17.2 Å². The van der Waals surface area contributed by atoms with E-state index in [4.69, 9.17) is 0 Å². The highest BCUT2D eigenvalue weighted by Gasteiger charge is 2.30. The van der Waals surface area contributed by atoms with E-state index in [1.807, 2.05) is 0 Å². The van der Waals surface area contributed by atoms with E-state index in [9.17, 15) is 10.1 Å². The zero-order valence-electron chi connectivity index (χ0n) is 9.27. The monoisotopic (exact) mass is 221 g/mol. The maximum absolute atomic E-state index is 10.8. The number of hydrogen-bond donors (Lipinski definition) is 1. The summed E-state index contributed by atoms with van der Waals surface area (Å²) in [6.07, 6.45) is 6.00. The van der Waals surface area contributed by atoms with Crippen molar-refractivity contribution in [1.29, 1.82) is 0 Å². The Hall–Kier alpha value is -1.65. The molecule has 1 aromatic heterocycles. The van der Waals surface area contributed by atoms with Crippen molar-refractivity contribution in [2.75, 3.05) is 5.32 Å². The fourth-order valence-corrected chi connectivity index (χ4v) is 2.21. The van der Waals surface area contributed by atoms with Crippen LogP contribution in [0.25, 0.3) is 0 Å². The Morgan fingerprint density at radius 3 is 2.81 bits per heavy atom. The van der Waals surface area contributed by atoms with Crippen molar-refractivity contribution in [3.05, 3.63) is 28.4 Å². The minimum atomic E-state index is -0.395. The third-order valence-corrected chi connectivity index (χ3v) is 3.11. The second-order valence-corrected chi connectivity index (χ2v) is 4.52. The molecule has 2 rings (SSSR count). The zero-order valence-corrected chi connectivity index (χ0v) is 9.27. The Bertz CT molecular complexity index is 400. The average molecular weight is 221 g/mol. The predicted octanol–water partition coefficient (Wildman–Crippen LogP) is 2.73. The van der Waals surface area contributed by atoms with E-state index in [-0.39, 0.29) is 11.2 Å². The zero-order chi connectivity index (χ0) is 11.6. The number of aromatic nitrogens is 1. The lowest BCUT2D eigenvalue weighted by atomic mass is 10.0. The Labute approximate surface area is 94.0 Å². The van der Waals surface area contributed by atoms with Crippen LogP contribution in [0.4, 0.5) is 11.5 Å². The number of nitro groups is 1. The SMILES string of the molecule is CC1(Nc2ncccc2[N+](=O)[O-])CCCC1. The van der Waals surface area contributed by atoms with Crippen LogP contribution in [0.15, 0.2) is 18.3 Å². The molecule has 0 aromatic carbocycles.